The first-order valence-corrected chi connectivity index (χ1v) is 8.16. The number of carbonyl (C=O) groups excluding carboxylic acids is 1. The van der Waals surface area contributed by atoms with Crippen molar-refractivity contribution in [3.63, 3.8) is 0 Å². The number of aryl methyl sites for hydroxylation is 2. The molecule has 0 bridgehead atoms. The molecule has 2 nitrogen and oxygen atoms in total. The summed E-state index contributed by atoms with van der Waals surface area (Å²) < 4.78 is 5.42. The number of rotatable bonds is 1. The third-order valence-corrected chi connectivity index (χ3v) is 5.77. The molecule has 2 heteroatoms. The number of carbonyl (C=O) groups is 1. The zero-order valence-electron chi connectivity index (χ0n) is 13.7. The summed E-state index contributed by atoms with van der Waals surface area (Å²) in [5, 5.41) is 0. The van der Waals surface area contributed by atoms with Gasteiger partial charge in [-0.1, -0.05) is 26.3 Å². The van der Waals surface area contributed by atoms with E-state index in [4.69, 9.17) is 4.74 Å². The second kappa shape index (κ2) is 5.15. The molecule has 0 saturated heterocycles. The van der Waals surface area contributed by atoms with Gasteiger partial charge in [-0.25, -0.2) is 0 Å². The summed E-state index contributed by atoms with van der Waals surface area (Å²) in [6.07, 6.45) is 5.65. The van der Waals surface area contributed by atoms with Gasteiger partial charge in [0.15, 0.2) is 5.78 Å². The van der Waals surface area contributed by atoms with Crippen LogP contribution in [0.2, 0.25) is 0 Å². The quantitative estimate of drug-likeness (QED) is 0.755. The fourth-order valence-electron chi connectivity index (χ4n) is 4.53. The van der Waals surface area contributed by atoms with E-state index in [1.165, 1.54) is 18.4 Å². The van der Waals surface area contributed by atoms with Crippen molar-refractivity contribution < 1.29 is 9.53 Å². The van der Waals surface area contributed by atoms with Crippen molar-refractivity contribution >= 4 is 5.78 Å². The first kappa shape index (κ1) is 14.6. The van der Waals surface area contributed by atoms with Crippen LogP contribution in [-0.2, 0) is 6.42 Å². The maximum Gasteiger partial charge on any atom is 0.166 e. The summed E-state index contributed by atoms with van der Waals surface area (Å²) in [6, 6.07) is 4.15. The summed E-state index contributed by atoms with van der Waals surface area (Å²) in [5.41, 5.74) is 3.57. The van der Waals surface area contributed by atoms with Gasteiger partial charge in [0.25, 0.3) is 0 Å². The molecule has 21 heavy (non-hydrogen) atoms. The molecule has 0 heterocycles. The van der Waals surface area contributed by atoms with Crippen LogP contribution in [0.4, 0.5) is 0 Å². The maximum absolute atomic E-state index is 13.1. The van der Waals surface area contributed by atoms with Crippen molar-refractivity contribution in [1.29, 1.82) is 0 Å². The van der Waals surface area contributed by atoms with Gasteiger partial charge in [0, 0.05) is 11.5 Å². The Hall–Kier alpha value is -1.31. The minimum absolute atomic E-state index is 0.211. The molecular weight excluding hydrogens is 260 g/mol. The Balaban J connectivity index is 2.05. The fourth-order valence-corrected chi connectivity index (χ4v) is 4.53. The number of ketones is 1. The highest BCUT2D eigenvalue weighted by Crippen LogP contribution is 2.49. The summed E-state index contributed by atoms with van der Waals surface area (Å²) in [4.78, 5) is 13.1. The molecule has 0 aromatic heterocycles. The monoisotopic (exact) mass is 286 g/mol. The molecule has 0 spiro atoms. The topological polar surface area (TPSA) is 26.3 Å². The number of hydrogen-bond donors (Lipinski definition) is 0. The van der Waals surface area contributed by atoms with E-state index >= 15 is 0 Å². The van der Waals surface area contributed by atoms with Crippen LogP contribution < -0.4 is 4.74 Å². The van der Waals surface area contributed by atoms with E-state index in [2.05, 4.69) is 26.8 Å². The van der Waals surface area contributed by atoms with Crippen LogP contribution in [0.25, 0.3) is 0 Å². The Kier molecular flexibility index (Phi) is 3.59. The van der Waals surface area contributed by atoms with Crippen molar-refractivity contribution in [2.45, 2.75) is 52.9 Å². The predicted octanol–water partition coefficient (Wildman–Crippen LogP) is 4.58. The largest absolute Gasteiger partial charge is 0.496 e. The second-order valence-electron chi connectivity index (χ2n) is 7.48. The molecular formula is C19H26O2. The summed E-state index contributed by atoms with van der Waals surface area (Å²) in [5.74, 6) is 1.94. The minimum Gasteiger partial charge on any atom is -0.496 e. The van der Waals surface area contributed by atoms with Gasteiger partial charge in [0.05, 0.1) is 7.11 Å². The predicted molar refractivity (Wildman–Crippen MR) is 85.0 cm³/mol. The van der Waals surface area contributed by atoms with Crippen LogP contribution in [0.15, 0.2) is 12.1 Å². The lowest BCUT2D eigenvalue weighted by Gasteiger charge is -2.42. The first-order chi connectivity index (χ1) is 9.94. The van der Waals surface area contributed by atoms with Crippen LogP contribution in [0.5, 0.6) is 5.75 Å². The molecule has 1 aromatic rings. The summed E-state index contributed by atoms with van der Waals surface area (Å²) in [6.45, 7) is 6.75. The third kappa shape index (κ3) is 2.39. The minimum atomic E-state index is 0.211. The van der Waals surface area contributed by atoms with Crippen LogP contribution in [0, 0.1) is 24.2 Å². The van der Waals surface area contributed by atoms with E-state index in [9.17, 15) is 4.79 Å². The number of benzene rings is 1. The molecule has 2 aliphatic rings. The number of hydrogen-bond acceptors (Lipinski definition) is 2. The van der Waals surface area contributed by atoms with E-state index in [0.717, 1.165) is 36.1 Å². The fraction of sp³-hybridized carbons (Fsp3) is 0.632. The van der Waals surface area contributed by atoms with Crippen molar-refractivity contribution in [2.24, 2.45) is 17.3 Å². The maximum atomic E-state index is 13.1. The Morgan fingerprint density at radius 1 is 1.24 bits per heavy atom. The average molecular weight is 286 g/mol. The van der Waals surface area contributed by atoms with E-state index in [-0.39, 0.29) is 5.92 Å². The smallest absolute Gasteiger partial charge is 0.166 e. The zero-order valence-corrected chi connectivity index (χ0v) is 13.7. The lowest BCUT2D eigenvalue weighted by Crippen LogP contribution is -2.38. The molecule has 0 radical (unpaired) electrons. The number of fused-ring (bicyclic) bond motifs is 2. The Morgan fingerprint density at radius 2 is 2.00 bits per heavy atom. The average Bonchev–Trinajstić information content (AvgIpc) is 2.57. The van der Waals surface area contributed by atoms with Crippen LogP contribution >= 0.6 is 0 Å². The van der Waals surface area contributed by atoms with Crippen molar-refractivity contribution in [3.05, 3.63) is 28.8 Å². The van der Waals surface area contributed by atoms with Gasteiger partial charge in [-0.3, -0.25) is 4.79 Å². The molecule has 1 aromatic carbocycles. The second-order valence-corrected chi connectivity index (χ2v) is 7.48. The van der Waals surface area contributed by atoms with Crippen molar-refractivity contribution in [2.75, 3.05) is 7.11 Å². The SMILES string of the molecule is COc1cc2c(cc1C)CC[C@H]1[C@H](CCCC1(C)C)C2=O. The molecule has 0 amide bonds. The molecule has 1 fully saturated rings. The lowest BCUT2D eigenvalue weighted by molar-refractivity contribution is 0.0522. The molecule has 0 unspecified atom stereocenters. The number of methoxy groups -OCH3 is 1. The Labute approximate surface area is 127 Å². The van der Waals surface area contributed by atoms with Crippen LogP contribution in [0.3, 0.4) is 0 Å². The molecule has 3 rings (SSSR count). The van der Waals surface area contributed by atoms with E-state index in [1.807, 2.05) is 6.07 Å². The first-order valence-electron chi connectivity index (χ1n) is 8.16. The molecule has 2 aliphatic carbocycles. The van der Waals surface area contributed by atoms with E-state index < -0.39 is 0 Å². The Bertz CT molecular complexity index is 571. The lowest BCUT2D eigenvalue weighted by atomic mass is 9.61. The van der Waals surface area contributed by atoms with Gasteiger partial charge in [-0.2, -0.15) is 0 Å². The van der Waals surface area contributed by atoms with Crippen molar-refractivity contribution in [1.82, 2.24) is 0 Å². The number of ether oxygens (including phenoxy) is 1. The van der Waals surface area contributed by atoms with E-state index in [1.54, 1.807) is 7.11 Å². The van der Waals surface area contributed by atoms with Gasteiger partial charge in [-0.15, -0.1) is 0 Å². The van der Waals surface area contributed by atoms with Crippen LogP contribution in [-0.4, -0.2) is 12.9 Å². The highest BCUT2D eigenvalue weighted by Gasteiger charge is 2.43. The Morgan fingerprint density at radius 3 is 2.71 bits per heavy atom. The van der Waals surface area contributed by atoms with Crippen LogP contribution in [0.1, 0.15) is 61.0 Å². The van der Waals surface area contributed by atoms with Gasteiger partial charge >= 0.3 is 0 Å². The van der Waals surface area contributed by atoms with Crippen molar-refractivity contribution in [3.8, 4) is 5.75 Å². The highest BCUT2D eigenvalue weighted by molar-refractivity contribution is 6.00. The van der Waals surface area contributed by atoms with Gasteiger partial charge in [0.2, 0.25) is 0 Å². The normalized spacial score (nSPS) is 27.5. The van der Waals surface area contributed by atoms with E-state index in [0.29, 0.717) is 17.1 Å². The summed E-state index contributed by atoms with van der Waals surface area (Å²) in [7, 11) is 1.68. The highest BCUT2D eigenvalue weighted by atomic mass is 16.5. The van der Waals surface area contributed by atoms with Gasteiger partial charge in [0.1, 0.15) is 5.75 Å². The molecule has 0 N–H and O–H groups in total. The standard InChI is InChI=1S/C19H26O2/c1-12-10-13-7-8-16-14(6-5-9-19(16,2)3)18(20)15(13)11-17(12)21-4/h10-11,14,16H,5-9H2,1-4H3/t14-,16-/m0/s1. The summed E-state index contributed by atoms with van der Waals surface area (Å²) >= 11 is 0. The molecule has 114 valence electrons. The molecule has 0 aliphatic heterocycles. The molecule has 2 atom stereocenters. The molecule has 1 saturated carbocycles. The zero-order chi connectivity index (χ0) is 15.2. The number of Topliss-reactive ketones (excluding diaryl/α,β-unsaturated/α-hetero) is 1. The van der Waals surface area contributed by atoms with Gasteiger partial charge in [-0.05, 0) is 61.1 Å². The van der Waals surface area contributed by atoms with Gasteiger partial charge < -0.3 is 4.74 Å². The third-order valence-electron chi connectivity index (χ3n) is 5.77.